The molecule has 6 heteroatoms. The molecular weight excluding hydrogens is 260 g/mol. The van der Waals surface area contributed by atoms with Crippen molar-refractivity contribution >= 4 is 11.9 Å². The zero-order valence-electron chi connectivity index (χ0n) is 11.2. The molecule has 1 saturated heterocycles. The highest BCUT2D eigenvalue weighted by molar-refractivity contribution is 5.87. The Morgan fingerprint density at radius 3 is 2.60 bits per heavy atom. The highest BCUT2D eigenvalue weighted by Gasteiger charge is 2.39. The molecule has 1 aromatic carbocycles. The molecule has 0 bridgehead atoms. The summed E-state index contributed by atoms with van der Waals surface area (Å²) in [7, 11) is 0. The van der Waals surface area contributed by atoms with Crippen molar-refractivity contribution in [2.45, 2.75) is 18.5 Å². The average Bonchev–Trinajstić information content (AvgIpc) is 2.88. The van der Waals surface area contributed by atoms with E-state index in [1.807, 2.05) is 6.07 Å². The third-order valence-corrected chi connectivity index (χ3v) is 3.56. The van der Waals surface area contributed by atoms with E-state index in [1.165, 1.54) is 0 Å². The van der Waals surface area contributed by atoms with E-state index < -0.39 is 29.4 Å². The van der Waals surface area contributed by atoms with Crippen molar-refractivity contribution in [1.82, 2.24) is 5.32 Å². The van der Waals surface area contributed by atoms with Crippen molar-refractivity contribution < 1.29 is 19.4 Å². The lowest BCUT2D eigenvalue weighted by Gasteiger charge is -2.27. The first-order valence-corrected chi connectivity index (χ1v) is 6.39. The van der Waals surface area contributed by atoms with E-state index in [-0.39, 0.29) is 13.2 Å². The first-order chi connectivity index (χ1) is 9.43. The Hall–Kier alpha value is -1.92. The third kappa shape index (κ3) is 2.81. The highest BCUT2D eigenvalue weighted by atomic mass is 16.5. The lowest BCUT2D eigenvalue weighted by atomic mass is 9.91. The van der Waals surface area contributed by atoms with Crippen LogP contribution in [0.25, 0.3) is 0 Å². The summed E-state index contributed by atoms with van der Waals surface area (Å²) in [4.78, 5) is 23.4. The van der Waals surface area contributed by atoms with Crippen LogP contribution in [-0.2, 0) is 19.9 Å². The molecule has 1 amide bonds. The van der Waals surface area contributed by atoms with Gasteiger partial charge in [-0.1, -0.05) is 30.3 Å². The molecule has 6 nitrogen and oxygen atoms in total. The first kappa shape index (κ1) is 14.5. The van der Waals surface area contributed by atoms with Crippen LogP contribution in [-0.4, -0.2) is 36.2 Å². The fourth-order valence-electron chi connectivity index (χ4n) is 2.17. The molecule has 0 aliphatic carbocycles. The minimum Gasteiger partial charge on any atom is -0.481 e. The number of rotatable bonds is 4. The van der Waals surface area contributed by atoms with Crippen LogP contribution in [0.15, 0.2) is 30.3 Å². The van der Waals surface area contributed by atoms with Crippen LogP contribution >= 0.6 is 0 Å². The molecule has 1 aromatic rings. The van der Waals surface area contributed by atoms with Gasteiger partial charge in [-0.2, -0.15) is 0 Å². The molecule has 0 spiro atoms. The molecule has 0 saturated carbocycles. The van der Waals surface area contributed by atoms with Gasteiger partial charge < -0.3 is 20.9 Å². The smallest absolute Gasteiger partial charge is 0.311 e. The molecule has 1 fully saturated rings. The Balaban J connectivity index is 2.10. The number of benzene rings is 1. The van der Waals surface area contributed by atoms with Gasteiger partial charge in [-0.05, 0) is 12.5 Å². The lowest BCUT2D eigenvalue weighted by molar-refractivity contribution is -0.142. The second-order valence-electron chi connectivity index (χ2n) is 5.13. The topological polar surface area (TPSA) is 102 Å². The van der Waals surface area contributed by atoms with E-state index in [0.717, 1.165) is 0 Å². The van der Waals surface area contributed by atoms with Crippen molar-refractivity contribution in [2.24, 2.45) is 11.7 Å². The van der Waals surface area contributed by atoms with Gasteiger partial charge in [0.05, 0.1) is 19.3 Å². The average molecular weight is 278 g/mol. The molecule has 2 rings (SSSR count). The van der Waals surface area contributed by atoms with Gasteiger partial charge >= 0.3 is 5.97 Å². The molecule has 20 heavy (non-hydrogen) atoms. The maximum Gasteiger partial charge on any atom is 0.311 e. The molecule has 0 radical (unpaired) electrons. The number of nitrogens with two attached hydrogens (primary N) is 1. The molecule has 1 heterocycles. The summed E-state index contributed by atoms with van der Waals surface area (Å²) in [6.45, 7) is 1.89. The number of ether oxygens (including phenoxy) is 1. The maximum absolute atomic E-state index is 12.3. The molecule has 4 N–H and O–H groups in total. The third-order valence-electron chi connectivity index (χ3n) is 3.56. The van der Waals surface area contributed by atoms with Crippen molar-refractivity contribution in [3.8, 4) is 0 Å². The van der Waals surface area contributed by atoms with Gasteiger partial charge in [0.25, 0.3) is 0 Å². The van der Waals surface area contributed by atoms with Gasteiger partial charge in [0.15, 0.2) is 0 Å². The van der Waals surface area contributed by atoms with Gasteiger partial charge in [-0.25, -0.2) is 0 Å². The van der Waals surface area contributed by atoms with Gasteiger partial charge in [0.1, 0.15) is 11.5 Å². The Kier molecular flexibility index (Phi) is 4.06. The first-order valence-electron chi connectivity index (χ1n) is 6.39. The van der Waals surface area contributed by atoms with Gasteiger partial charge in [-0.15, -0.1) is 0 Å². The van der Waals surface area contributed by atoms with Crippen LogP contribution in [0.2, 0.25) is 0 Å². The number of aliphatic carboxylic acids is 1. The molecule has 1 aliphatic rings. The zero-order valence-corrected chi connectivity index (χ0v) is 11.2. The fraction of sp³-hybridized carbons (Fsp3) is 0.429. The van der Waals surface area contributed by atoms with Crippen molar-refractivity contribution in [2.75, 3.05) is 13.2 Å². The van der Waals surface area contributed by atoms with E-state index in [0.29, 0.717) is 5.56 Å². The number of nitrogens with one attached hydrogen (secondary N) is 1. The van der Waals surface area contributed by atoms with Crippen LogP contribution in [0, 0.1) is 5.92 Å². The number of hydrogen-bond donors (Lipinski definition) is 3. The monoisotopic (exact) mass is 278 g/mol. The molecule has 1 aliphatic heterocycles. The summed E-state index contributed by atoms with van der Waals surface area (Å²) in [6.07, 6.45) is 0. The minimum atomic E-state index is -1.22. The number of hydrogen-bond acceptors (Lipinski definition) is 4. The Morgan fingerprint density at radius 2 is 2.00 bits per heavy atom. The SMILES string of the molecule is CC(N)(C(=O)NC1COCC1C(=O)O)c1ccccc1. The molecule has 3 atom stereocenters. The van der Waals surface area contributed by atoms with Crippen LogP contribution in [0.3, 0.4) is 0 Å². The molecule has 3 unspecified atom stereocenters. The van der Waals surface area contributed by atoms with Gasteiger partial charge in [-0.3, -0.25) is 9.59 Å². The predicted octanol–water partition coefficient (Wildman–Crippen LogP) is 0.0763. The van der Waals surface area contributed by atoms with Gasteiger partial charge in [0, 0.05) is 0 Å². The fourth-order valence-corrected chi connectivity index (χ4v) is 2.17. The summed E-state index contributed by atoms with van der Waals surface area (Å²) in [5.74, 6) is -2.12. The van der Waals surface area contributed by atoms with E-state index in [2.05, 4.69) is 5.32 Å². The van der Waals surface area contributed by atoms with Crippen LogP contribution < -0.4 is 11.1 Å². The second-order valence-corrected chi connectivity index (χ2v) is 5.13. The lowest BCUT2D eigenvalue weighted by Crippen LogP contribution is -2.54. The second kappa shape index (κ2) is 5.60. The van der Waals surface area contributed by atoms with E-state index in [9.17, 15) is 9.59 Å². The van der Waals surface area contributed by atoms with Crippen LogP contribution in [0.1, 0.15) is 12.5 Å². The highest BCUT2D eigenvalue weighted by Crippen LogP contribution is 2.20. The normalized spacial score (nSPS) is 24.9. The minimum absolute atomic E-state index is 0.104. The van der Waals surface area contributed by atoms with Gasteiger partial charge in [0.2, 0.25) is 5.91 Å². The summed E-state index contributed by atoms with van der Waals surface area (Å²) in [5.41, 5.74) is 5.54. The number of carboxylic acids is 1. The van der Waals surface area contributed by atoms with Crippen molar-refractivity contribution in [1.29, 1.82) is 0 Å². The summed E-state index contributed by atoms with van der Waals surface area (Å²) in [6, 6.07) is 8.41. The maximum atomic E-state index is 12.3. The van der Waals surface area contributed by atoms with Crippen LogP contribution in [0.5, 0.6) is 0 Å². The Morgan fingerprint density at radius 1 is 1.35 bits per heavy atom. The number of carbonyl (C=O) groups excluding carboxylic acids is 1. The Labute approximate surface area is 116 Å². The number of carbonyl (C=O) groups is 2. The van der Waals surface area contributed by atoms with E-state index >= 15 is 0 Å². The summed E-state index contributed by atoms with van der Waals surface area (Å²) >= 11 is 0. The standard InChI is InChI=1S/C14H18N2O4/c1-14(15,9-5-3-2-4-6-9)13(19)16-11-8-20-7-10(11)12(17)18/h2-6,10-11H,7-8,15H2,1H3,(H,16,19)(H,17,18). The largest absolute Gasteiger partial charge is 0.481 e. The quantitative estimate of drug-likeness (QED) is 0.723. The van der Waals surface area contributed by atoms with Crippen molar-refractivity contribution in [3.05, 3.63) is 35.9 Å². The Bertz CT molecular complexity index is 501. The molecule has 108 valence electrons. The summed E-state index contributed by atoms with van der Waals surface area (Å²) in [5, 5.41) is 11.7. The zero-order chi connectivity index (χ0) is 14.8. The predicted molar refractivity (Wildman–Crippen MR) is 71.9 cm³/mol. The van der Waals surface area contributed by atoms with E-state index in [1.54, 1.807) is 31.2 Å². The van der Waals surface area contributed by atoms with Crippen molar-refractivity contribution in [3.63, 3.8) is 0 Å². The summed E-state index contributed by atoms with van der Waals surface area (Å²) < 4.78 is 5.11. The number of amides is 1. The van der Waals surface area contributed by atoms with E-state index in [4.69, 9.17) is 15.6 Å². The number of carboxylic acid groups (broad SMARTS) is 1. The molecule has 0 aromatic heterocycles. The molecular formula is C14H18N2O4. The van der Waals surface area contributed by atoms with Crippen LogP contribution in [0.4, 0.5) is 0 Å².